The van der Waals surface area contributed by atoms with E-state index < -0.39 is 28.4 Å². The van der Waals surface area contributed by atoms with Gasteiger partial charge < -0.3 is 0 Å². The maximum atomic E-state index is 13.4. The van der Waals surface area contributed by atoms with Crippen molar-refractivity contribution >= 4 is 21.8 Å². The fourth-order valence-electron chi connectivity index (χ4n) is 1.94. The Kier molecular flexibility index (Phi) is 6.06. The summed E-state index contributed by atoms with van der Waals surface area (Å²) in [6.07, 6.45) is 0.397. The van der Waals surface area contributed by atoms with Crippen molar-refractivity contribution < 1.29 is 17.2 Å². The second-order valence-corrected chi connectivity index (χ2v) is 6.75. The van der Waals surface area contributed by atoms with Crippen molar-refractivity contribution in [3.63, 3.8) is 0 Å². The molecule has 0 aliphatic rings. The molecule has 0 aromatic heterocycles. The summed E-state index contributed by atoms with van der Waals surface area (Å²) in [7, 11) is -3.87. The number of nitrogens with one attached hydrogen (secondary N) is 2. The first-order valence-electron chi connectivity index (χ1n) is 6.79. The molecule has 0 aliphatic carbocycles. The van der Waals surface area contributed by atoms with Crippen LogP contribution in [0.5, 0.6) is 0 Å². The summed E-state index contributed by atoms with van der Waals surface area (Å²) in [5.41, 5.74) is 0.473. The highest BCUT2D eigenvalue weighted by Gasteiger charge is 2.13. The van der Waals surface area contributed by atoms with Gasteiger partial charge in [0.1, 0.15) is 11.6 Å². The third-order valence-electron chi connectivity index (χ3n) is 3.14. The highest BCUT2D eigenvalue weighted by molar-refractivity contribution is 7.87. The smallest absolute Gasteiger partial charge is 0.207 e. The van der Waals surface area contributed by atoms with Gasteiger partial charge in [0.05, 0.1) is 0 Å². The molecule has 0 saturated carbocycles. The lowest BCUT2D eigenvalue weighted by atomic mass is 10.1. The Hall–Kier alpha value is -1.54. The molecule has 0 heterocycles. The van der Waals surface area contributed by atoms with E-state index in [9.17, 15) is 17.2 Å². The Bertz CT molecular complexity index is 765. The van der Waals surface area contributed by atoms with Crippen LogP contribution in [0.2, 0.25) is 5.02 Å². The van der Waals surface area contributed by atoms with Gasteiger partial charge in [0.25, 0.3) is 10.2 Å². The molecule has 0 fully saturated rings. The first-order chi connectivity index (χ1) is 10.9. The van der Waals surface area contributed by atoms with Crippen LogP contribution in [0.3, 0.4) is 0 Å². The molecule has 0 unspecified atom stereocenters. The fourth-order valence-corrected chi connectivity index (χ4v) is 2.98. The second kappa shape index (κ2) is 7.83. The summed E-state index contributed by atoms with van der Waals surface area (Å²) in [5.74, 6) is -1.60. The van der Waals surface area contributed by atoms with Crippen LogP contribution in [0.1, 0.15) is 11.1 Å². The Labute approximate surface area is 138 Å². The van der Waals surface area contributed by atoms with Crippen molar-refractivity contribution in [3.05, 3.63) is 70.2 Å². The molecular weight excluding hydrogens is 346 g/mol. The molecule has 2 N–H and O–H groups in total. The van der Waals surface area contributed by atoms with E-state index in [1.54, 1.807) is 24.3 Å². The lowest BCUT2D eigenvalue weighted by Crippen LogP contribution is -2.37. The zero-order valence-electron chi connectivity index (χ0n) is 12.0. The number of hydrogen-bond acceptors (Lipinski definition) is 2. The fraction of sp³-hybridized carbons (Fsp3) is 0.200. The van der Waals surface area contributed by atoms with Gasteiger partial charge in [0, 0.05) is 23.7 Å². The molecule has 8 heteroatoms. The van der Waals surface area contributed by atoms with Crippen LogP contribution in [-0.2, 0) is 23.2 Å². The van der Waals surface area contributed by atoms with Gasteiger partial charge in [-0.25, -0.2) is 13.5 Å². The molecular formula is C15H15ClF2N2O2S. The van der Waals surface area contributed by atoms with E-state index in [0.29, 0.717) is 11.4 Å². The third kappa shape index (κ3) is 5.24. The topological polar surface area (TPSA) is 58.2 Å². The molecule has 0 bridgehead atoms. The molecule has 23 heavy (non-hydrogen) atoms. The van der Waals surface area contributed by atoms with E-state index in [4.69, 9.17) is 11.6 Å². The van der Waals surface area contributed by atoms with Gasteiger partial charge >= 0.3 is 0 Å². The molecule has 4 nitrogen and oxygen atoms in total. The molecule has 0 radical (unpaired) electrons. The Balaban J connectivity index is 1.89. The standard InChI is InChI=1S/C15H15ClF2N2O2S/c16-13-5-2-1-4-11(13)8-9-19-23(21,22)20-10-12-14(17)6-3-7-15(12)18/h1-7,19-20H,8-10H2. The molecule has 2 aromatic rings. The average molecular weight is 361 g/mol. The maximum Gasteiger partial charge on any atom is 0.277 e. The highest BCUT2D eigenvalue weighted by atomic mass is 35.5. The monoisotopic (exact) mass is 360 g/mol. The summed E-state index contributed by atoms with van der Waals surface area (Å²) in [4.78, 5) is 0. The van der Waals surface area contributed by atoms with Crippen molar-refractivity contribution in [2.24, 2.45) is 0 Å². The molecule has 2 aromatic carbocycles. The SMILES string of the molecule is O=S(=O)(NCCc1ccccc1Cl)NCc1c(F)cccc1F. The van der Waals surface area contributed by atoms with Gasteiger partial charge in [0.15, 0.2) is 0 Å². The maximum absolute atomic E-state index is 13.4. The van der Waals surface area contributed by atoms with E-state index in [1.807, 2.05) is 0 Å². The van der Waals surface area contributed by atoms with Crippen LogP contribution in [-0.4, -0.2) is 15.0 Å². The molecule has 0 aliphatic heterocycles. The third-order valence-corrected chi connectivity index (χ3v) is 4.62. The summed E-state index contributed by atoms with van der Waals surface area (Å²) in [6.45, 7) is -0.362. The van der Waals surface area contributed by atoms with Gasteiger partial charge in [-0.1, -0.05) is 35.9 Å². The molecule has 0 spiro atoms. The van der Waals surface area contributed by atoms with Crippen molar-refractivity contribution in [1.82, 2.24) is 9.44 Å². The van der Waals surface area contributed by atoms with Crippen molar-refractivity contribution in [3.8, 4) is 0 Å². The lowest BCUT2D eigenvalue weighted by molar-refractivity contribution is 0.540. The van der Waals surface area contributed by atoms with Crippen LogP contribution in [0, 0.1) is 11.6 Å². The summed E-state index contributed by atoms with van der Waals surface area (Å²) in [6, 6.07) is 10.4. The number of rotatable bonds is 7. The van der Waals surface area contributed by atoms with E-state index >= 15 is 0 Å². The van der Waals surface area contributed by atoms with Gasteiger partial charge in [-0.3, -0.25) is 0 Å². The Morgan fingerprint density at radius 2 is 1.61 bits per heavy atom. The first kappa shape index (κ1) is 17.8. The van der Waals surface area contributed by atoms with E-state index in [-0.39, 0.29) is 12.1 Å². The van der Waals surface area contributed by atoms with E-state index in [1.165, 1.54) is 6.07 Å². The van der Waals surface area contributed by atoms with Gasteiger partial charge in [-0.05, 0) is 30.2 Å². The Morgan fingerprint density at radius 1 is 0.957 bits per heavy atom. The average Bonchev–Trinajstić information content (AvgIpc) is 2.48. The van der Waals surface area contributed by atoms with Crippen LogP contribution in [0.15, 0.2) is 42.5 Å². The van der Waals surface area contributed by atoms with Crippen LogP contribution in [0.25, 0.3) is 0 Å². The minimum absolute atomic E-state index is 0.110. The minimum Gasteiger partial charge on any atom is -0.207 e. The molecule has 0 atom stereocenters. The van der Waals surface area contributed by atoms with Crippen molar-refractivity contribution in [2.75, 3.05) is 6.54 Å². The predicted octanol–water partition coefficient (Wildman–Crippen LogP) is 2.78. The van der Waals surface area contributed by atoms with Gasteiger partial charge in [0.2, 0.25) is 0 Å². The summed E-state index contributed by atoms with van der Waals surface area (Å²) in [5, 5.41) is 0.549. The highest BCUT2D eigenvalue weighted by Crippen LogP contribution is 2.15. The largest absolute Gasteiger partial charge is 0.277 e. The normalized spacial score (nSPS) is 11.6. The second-order valence-electron chi connectivity index (χ2n) is 4.76. The number of benzene rings is 2. The van der Waals surface area contributed by atoms with Crippen LogP contribution >= 0.6 is 11.6 Å². The predicted molar refractivity (Wildman–Crippen MR) is 85.3 cm³/mol. The minimum atomic E-state index is -3.87. The quantitative estimate of drug-likeness (QED) is 0.797. The van der Waals surface area contributed by atoms with Crippen molar-refractivity contribution in [1.29, 1.82) is 0 Å². The zero-order valence-corrected chi connectivity index (χ0v) is 13.6. The van der Waals surface area contributed by atoms with E-state index in [0.717, 1.165) is 17.7 Å². The molecule has 0 amide bonds. The summed E-state index contributed by atoms with van der Waals surface area (Å²) >= 11 is 5.97. The Morgan fingerprint density at radius 3 is 2.26 bits per heavy atom. The van der Waals surface area contributed by atoms with Crippen molar-refractivity contribution in [2.45, 2.75) is 13.0 Å². The zero-order chi connectivity index (χ0) is 16.9. The molecule has 0 saturated heterocycles. The molecule has 124 valence electrons. The van der Waals surface area contributed by atoms with E-state index in [2.05, 4.69) is 9.44 Å². The number of halogens is 3. The number of hydrogen-bond donors (Lipinski definition) is 2. The molecule has 2 rings (SSSR count). The lowest BCUT2D eigenvalue weighted by Gasteiger charge is -2.10. The van der Waals surface area contributed by atoms with Crippen LogP contribution < -0.4 is 9.44 Å². The van der Waals surface area contributed by atoms with Gasteiger partial charge in [-0.15, -0.1) is 0 Å². The van der Waals surface area contributed by atoms with Crippen LogP contribution in [0.4, 0.5) is 8.78 Å². The first-order valence-corrected chi connectivity index (χ1v) is 8.66. The summed E-state index contributed by atoms with van der Waals surface area (Å²) < 4.78 is 54.9. The van der Waals surface area contributed by atoms with Gasteiger partial charge in [-0.2, -0.15) is 13.1 Å².